The molecule has 7 heteroatoms. The molecule has 1 fully saturated rings. The number of fused-ring (bicyclic) bond motifs is 1. The Morgan fingerprint density at radius 3 is 3.00 bits per heavy atom. The lowest BCUT2D eigenvalue weighted by atomic mass is 10.2. The van der Waals surface area contributed by atoms with Crippen molar-refractivity contribution in [2.45, 2.75) is 12.5 Å². The molecule has 1 atom stereocenters. The molecule has 99 valence electrons. The number of hydrogen-bond acceptors (Lipinski definition) is 4. The zero-order chi connectivity index (χ0) is 13.6. The summed E-state index contributed by atoms with van der Waals surface area (Å²) < 4.78 is 1.26. The van der Waals surface area contributed by atoms with Crippen molar-refractivity contribution in [2.75, 3.05) is 18.0 Å². The molecule has 1 aliphatic heterocycles. The molecule has 2 aromatic heterocycles. The zero-order valence-electron chi connectivity index (χ0n) is 10.1. The van der Waals surface area contributed by atoms with Gasteiger partial charge in [0.25, 0.3) is 0 Å². The number of primary amides is 1. The Kier molecular flexibility index (Phi) is 2.83. The summed E-state index contributed by atoms with van der Waals surface area (Å²) in [6.45, 7) is 1.56. The van der Waals surface area contributed by atoms with Crippen LogP contribution < -0.4 is 16.4 Å². The number of halogens is 1. The van der Waals surface area contributed by atoms with Crippen molar-refractivity contribution >= 4 is 34.4 Å². The van der Waals surface area contributed by atoms with Gasteiger partial charge in [0.1, 0.15) is 0 Å². The van der Waals surface area contributed by atoms with Crippen molar-refractivity contribution in [1.82, 2.24) is 9.55 Å². The predicted molar refractivity (Wildman–Crippen MR) is 73.4 cm³/mol. The largest absolute Gasteiger partial charge is 0.368 e. The van der Waals surface area contributed by atoms with Crippen LogP contribution in [-0.4, -0.2) is 34.7 Å². The summed E-state index contributed by atoms with van der Waals surface area (Å²) in [5.41, 5.74) is 12.5. The number of rotatable bonds is 1. The van der Waals surface area contributed by atoms with Gasteiger partial charge in [-0.1, -0.05) is 11.6 Å². The number of aromatic nitrogens is 2. The van der Waals surface area contributed by atoms with Gasteiger partial charge in [0.15, 0.2) is 5.65 Å². The minimum absolute atomic E-state index is 0.137. The smallest absolute Gasteiger partial charge is 0.324 e. The first-order chi connectivity index (χ1) is 9.08. The van der Waals surface area contributed by atoms with Crippen molar-refractivity contribution in [1.29, 1.82) is 0 Å². The summed E-state index contributed by atoms with van der Waals surface area (Å²) >= 11 is 6.23. The Hall–Kier alpha value is -1.79. The lowest BCUT2D eigenvalue weighted by Crippen LogP contribution is -2.26. The van der Waals surface area contributed by atoms with E-state index >= 15 is 0 Å². The van der Waals surface area contributed by atoms with Crippen LogP contribution in [0.5, 0.6) is 0 Å². The maximum atomic E-state index is 11.3. The number of pyridine rings is 1. The van der Waals surface area contributed by atoms with Crippen LogP contribution >= 0.6 is 11.6 Å². The summed E-state index contributed by atoms with van der Waals surface area (Å²) in [5, 5.41) is 1.22. The Bertz CT molecular complexity index is 653. The van der Waals surface area contributed by atoms with Gasteiger partial charge >= 0.3 is 6.03 Å². The third-order valence-corrected chi connectivity index (χ3v) is 3.61. The number of nitrogens with two attached hydrogens (primary N) is 2. The average Bonchev–Trinajstić information content (AvgIpc) is 2.95. The van der Waals surface area contributed by atoms with E-state index in [-0.39, 0.29) is 6.04 Å². The van der Waals surface area contributed by atoms with Crippen LogP contribution in [0.4, 0.5) is 10.5 Å². The molecule has 0 unspecified atom stereocenters. The summed E-state index contributed by atoms with van der Waals surface area (Å²) in [5.74, 6) is 0. The fraction of sp³-hybridized carbons (Fsp3) is 0.333. The van der Waals surface area contributed by atoms with Gasteiger partial charge in [-0.15, -0.1) is 0 Å². The first-order valence-corrected chi connectivity index (χ1v) is 6.33. The first-order valence-electron chi connectivity index (χ1n) is 5.95. The molecule has 1 saturated heterocycles. The normalized spacial score (nSPS) is 19.3. The molecule has 1 aliphatic rings. The standard InChI is InChI=1S/C12H13ClN5O/c13-9-5-16-11-8(2-4-18(11)12(15)19)10(9)17-3-1-7(14)6-17/h4-5,7H,1,3,6,14H2,(H2,15,19)/t7-/m1/s1. The number of hydrogen-bond donors (Lipinski definition) is 2. The molecule has 4 N–H and O–H groups in total. The number of carbonyl (C=O) groups is 1. The van der Waals surface area contributed by atoms with E-state index in [0.717, 1.165) is 25.2 Å². The monoisotopic (exact) mass is 278 g/mol. The summed E-state index contributed by atoms with van der Waals surface area (Å²) in [4.78, 5) is 17.6. The molecular weight excluding hydrogens is 266 g/mol. The molecular formula is C12H13ClN5O. The van der Waals surface area contributed by atoms with Gasteiger partial charge in [-0.2, -0.15) is 0 Å². The molecule has 0 saturated carbocycles. The van der Waals surface area contributed by atoms with Gasteiger partial charge in [-0.05, 0) is 6.42 Å². The summed E-state index contributed by atoms with van der Waals surface area (Å²) in [7, 11) is 0. The molecule has 3 heterocycles. The van der Waals surface area contributed by atoms with Crippen LogP contribution in [0, 0.1) is 6.07 Å². The number of nitrogens with zero attached hydrogens (tertiary/aromatic N) is 3. The van der Waals surface area contributed by atoms with Gasteiger partial charge in [0.05, 0.1) is 22.3 Å². The van der Waals surface area contributed by atoms with Crippen LogP contribution in [0.1, 0.15) is 6.42 Å². The Morgan fingerprint density at radius 1 is 1.58 bits per heavy atom. The second-order valence-corrected chi connectivity index (χ2v) is 5.04. The molecule has 6 nitrogen and oxygen atoms in total. The van der Waals surface area contributed by atoms with E-state index in [1.807, 2.05) is 0 Å². The van der Waals surface area contributed by atoms with Crippen molar-refractivity contribution < 1.29 is 4.79 Å². The SMILES string of the molecule is NC(=O)n1c[c]c2c(N3CC[C@@H](N)C3)c(Cl)cnc21. The van der Waals surface area contributed by atoms with Crippen LogP contribution in [0.3, 0.4) is 0 Å². The minimum atomic E-state index is -0.592. The van der Waals surface area contributed by atoms with E-state index in [0.29, 0.717) is 16.1 Å². The quantitative estimate of drug-likeness (QED) is 0.813. The molecule has 0 aliphatic carbocycles. The Morgan fingerprint density at radius 2 is 2.37 bits per heavy atom. The highest BCUT2D eigenvalue weighted by Crippen LogP contribution is 2.34. The molecule has 2 aromatic rings. The Balaban J connectivity index is 2.17. The van der Waals surface area contributed by atoms with E-state index in [4.69, 9.17) is 23.1 Å². The second kappa shape index (κ2) is 4.40. The second-order valence-electron chi connectivity index (χ2n) is 4.63. The lowest BCUT2D eigenvalue weighted by molar-refractivity contribution is 0.251. The average molecular weight is 279 g/mol. The molecule has 3 rings (SSSR count). The highest BCUT2D eigenvalue weighted by atomic mass is 35.5. The highest BCUT2D eigenvalue weighted by Gasteiger charge is 2.24. The van der Waals surface area contributed by atoms with Crippen LogP contribution in [0.25, 0.3) is 11.0 Å². The number of carbonyl (C=O) groups excluding carboxylic acids is 1. The molecule has 0 aromatic carbocycles. The van der Waals surface area contributed by atoms with Crippen LogP contribution in [0.2, 0.25) is 5.02 Å². The molecule has 1 radical (unpaired) electrons. The van der Waals surface area contributed by atoms with Gasteiger partial charge in [0.2, 0.25) is 0 Å². The highest BCUT2D eigenvalue weighted by molar-refractivity contribution is 6.34. The minimum Gasteiger partial charge on any atom is -0.368 e. The van der Waals surface area contributed by atoms with E-state index in [2.05, 4.69) is 16.0 Å². The maximum absolute atomic E-state index is 11.3. The Labute approximate surface area is 114 Å². The van der Waals surface area contributed by atoms with Gasteiger partial charge in [-0.3, -0.25) is 4.57 Å². The van der Waals surface area contributed by atoms with Crippen molar-refractivity contribution in [3.05, 3.63) is 23.5 Å². The predicted octanol–water partition coefficient (Wildman–Crippen LogP) is 0.954. The summed E-state index contributed by atoms with van der Waals surface area (Å²) in [6, 6.07) is 2.55. The molecule has 19 heavy (non-hydrogen) atoms. The van der Waals surface area contributed by atoms with E-state index in [9.17, 15) is 4.79 Å². The lowest BCUT2D eigenvalue weighted by Gasteiger charge is -2.20. The van der Waals surface area contributed by atoms with E-state index < -0.39 is 6.03 Å². The van der Waals surface area contributed by atoms with Gasteiger partial charge in [0, 0.05) is 31.4 Å². The van der Waals surface area contributed by atoms with Crippen LogP contribution in [-0.2, 0) is 0 Å². The molecule has 0 spiro atoms. The number of amides is 1. The molecule has 0 bridgehead atoms. The topological polar surface area (TPSA) is 90.2 Å². The van der Waals surface area contributed by atoms with Crippen molar-refractivity contribution in [2.24, 2.45) is 11.5 Å². The maximum Gasteiger partial charge on any atom is 0.324 e. The van der Waals surface area contributed by atoms with Crippen LogP contribution in [0.15, 0.2) is 12.4 Å². The van der Waals surface area contributed by atoms with Gasteiger partial charge < -0.3 is 16.4 Å². The third-order valence-electron chi connectivity index (χ3n) is 3.33. The van der Waals surface area contributed by atoms with Gasteiger partial charge in [-0.25, -0.2) is 9.78 Å². The fourth-order valence-electron chi connectivity index (χ4n) is 2.44. The van der Waals surface area contributed by atoms with Crippen molar-refractivity contribution in [3.63, 3.8) is 0 Å². The summed E-state index contributed by atoms with van der Waals surface area (Å²) in [6.07, 6.45) is 3.92. The van der Waals surface area contributed by atoms with E-state index in [1.54, 1.807) is 0 Å². The fourth-order valence-corrected chi connectivity index (χ4v) is 2.70. The first kappa shape index (κ1) is 12.3. The third kappa shape index (κ3) is 1.93. The molecule has 1 amide bonds. The van der Waals surface area contributed by atoms with E-state index in [1.165, 1.54) is 17.0 Å². The number of anilines is 1. The zero-order valence-corrected chi connectivity index (χ0v) is 10.9. The van der Waals surface area contributed by atoms with Crippen molar-refractivity contribution in [3.8, 4) is 0 Å².